The van der Waals surface area contributed by atoms with E-state index in [1.54, 1.807) is 39.4 Å². The molecule has 128 valence electrons. The molecule has 1 atom stereocenters. The monoisotopic (exact) mass is 349 g/mol. The Morgan fingerprint density at radius 3 is 2.46 bits per heavy atom. The van der Waals surface area contributed by atoms with E-state index in [4.69, 9.17) is 21.7 Å². The van der Waals surface area contributed by atoms with Crippen LogP contribution in [0.4, 0.5) is 0 Å². The molecule has 0 aliphatic rings. The van der Waals surface area contributed by atoms with Crippen molar-refractivity contribution in [3.63, 3.8) is 0 Å². The van der Waals surface area contributed by atoms with Crippen molar-refractivity contribution in [1.29, 1.82) is 5.41 Å². The van der Waals surface area contributed by atoms with Crippen LogP contribution in [0.2, 0.25) is 5.28 Å². The third kappa shape index (κ3) is 4.38. The van der Waals surface area contributed by atoms with Gasteiger partial charge in [-0.25, -0.2) is 19.7 Å². The lowest BCUT2D eigenvalue weighted by atomic mass is 9.99. The molecule has 0 bridgehead atoms. The molecule has 24 heavy (non-hydrogen) atoms. The molecule has 0 unspecified atom stereocenters. The standard InChI is InChI=1S/C16H20ClN5O2/c1-5-10(12(18)14(23)24-16(2,3)4)13-19-8-11(22-13)9-6-20-15(17)21-7-9/h6-8,10,18H,5H2,1-4H3,(H,19,22)/t10-/m0/s1. The van der Waals surface area contributed by atoms with E-state index in [1.165, 1.54) is 0 Å². The Balaban J connectivity index is 2.21. The summed E-state index contributed by atoms with van der Waals surface area (Å²) in [7, 11) is 0. The number of hydrogen-bond acceptors (Lipinski definition) is 6. The van der Waals surface area contributed by atoms with Gasteiger partial charge in [-0.3, -0.25) is 5.41 Å². The van der Waals surface area contributed by atoms with Crippen LogP contribution in [0.25, 0.3) is 11.3 Å². The maximum Gasteiger partial charge on any atom is 0.353 e. The molecule has 0 aliphatic heterocycles. The van der Waals surface area contributed by atoms with Crippen molar-refractivity contribution >= 4 is 23.3 Å². The number of carbonyl (C=O) groups excluding carboxylic acids is 1. The van der Waals surface area contributed by atoms with Crippen molar-refractivity contribution < 1.29 is 9.53 Å². The van der Waals surface area contributed by atoms with Gasteiger partial charge in [-0.15, -0.1) is 0 Å². The third-order valence-electron chi connectivity index (χ3n) is 3.23. The predicted molar refractivity (Wildman–Crippen MR) is 91.2 cm³/mol. The third-order valence-corrected chi connectivity index (χ3v) is 3.43. The fourth-order valence-corrected chi connectivity index (χ4v) is 2.22. The van der Waals surface area contributed by atoms with Crippen molar-refractivity contribution in [2.75, 3.05) is 0 Å². The number of H-pyrrole nitrogens is 1. The lowest BCUT2D eigenvalue weighted by Gasteiger charge is -2.21. The number of ether oxygens (including phenoxy) is 1. The summed E-state index contributed by atoms with van der Waals surface area (Å²) in [6, 6.07) is 0. The number of halogens is 1. The van der Waals surface area contributed by atoms with E-state index in [2.05, 4.69) is 19.9 Å². The Morgan fingerprint density at radius 2 is 1.92 bits per heavy atom. The average Bonchev–Trinajstić information content (AvgIpc) is 2.96. The van der Waals surface area contributed by atoms with E-state index in [-0.39, 0.29) is 11.0 Å². The molecule has 0 fully saturated rings. The van der Waals surface area contributed by atoms with Crippen LogP contribution in [0.3, 0.4) is 0 Å². The molecule has 2 N–H and O–H groups in total. The zero-order valence-corrected chi connectivity index (χ0v) is 14.8. The summed E-state index contributed by atoms with van der Waals surface area (Å²) >= 11 is 5.68. The van der Waals surface area contributed by atoms with Gasteiger partial charge in [0.05, 0.1) is 17.8 Å². The summed E-state index contributed by atoms with van der Waals surface area (Å²) in [6.45, 7) is 7.19. The van der Waals surface area contributed by atoms with Gasteiger partial charge >= 0.3 is 5.97 Å². The number of nitrogens with one attached hydrogen (secondary N) is 2. The number of aromatic amines is 1. The van der Waals surface area contributed by atoms with Crippen LogP contribution in [-0.2, 0) is 9.53 Å². The minimum absolute atomic E-state index is 0.124. The van der Waals surface area contributed by atoms with E-state index < -0.39 is 17.5 Å². The summed E-state index contributed by atoms with van der Waals surface area (Å²) in [4.78, 5) is 27.4. The largest absolute Gasteiger partial charge is 0.455 e. The SMILES string of the molecule is CC[C@@H](C(=N)C(=O)OC(C)(C)C)c1ncc(-c2cnc(Cl)nc2)[nH]1. The van der Waals surface area contributed by atoms with Gasteiger partial charge in [0, 0.05) is 18.0 Å². The van der Waals surface area contributed by atoms with Crippen molar-refractivity contribution in [3.05, 3.63) is 29.7 Å². The molecule has 0 aliphatic carbocycles. The van der Waals surface area contributed by atoms with Crippen LogP contribution in [0, 0.1) is 5.41 Å². The number of esters is 1. The molecule has 0 saturated heterocycles. The fourth-order valence-electron chi connectivity index (χ4n) is 2.12. The van der Waals surface area contributed by atoms with Gasteiger partial charge in [0.1, 0.15) is 17.1 Å². The highest BCUT2D eigenvalue weighted by Gasteiger charge is 2.28. The first kappa shape index (κ1) is 18.1. The minimum Gasteiger partial charge on any atom is -0.455 e. The number of carbonyl (C=O) groups is 1. The highest BCUT2D eigenvalue weighted by atomic mass is 35.5. The highest BCUT2D eigenvalue weighted by Crippen LogP contribution is 2.23. The molecule has 7 nitrogen and oxygen atoms in total. The Labute approximate surface area is 145 Å². The van der Waals surface area contributed by atoms with Crippen molar-refractivity contribution in [2.24, 2.45) is 0 Å². The van der Waals surface area contributed by atoms with Crippen LogP contribution >= 0.6 is 11.6 Å². The number of nitrogens with zero attached hydrogens (tertiary/aromatic N) is 3. The lowest BCUT2D eigenvalue weighted by Crippen LogP contribution is -2.31. The van der Waals surface area contributed by atoms with Crippen molar-refractivity contribution in [1.82, 2.24) is 19.9 Å². The average molecular weight is 350 g/mol. The molecule has 2 rings (SSSR count). The van der Waals surface area contributed by atoms with Crippen LogP contribution in [0.15, 0.2) is 18.6 Å². The molecule has 2 aromatic rings. The predicted octanol–water partition coefficient (Wildman–Crippen LogP) is 3.38. The van der Waals surface area contributed by atoms with E-state index in [0.717, 1.165) is 5.56 Å². The summed E-state index contributed by atoms with van der Waals surface area (Å²) < 4.78 is 5.27. The van der Waals surface area contributed by atoms with E-state index in [9.17, 15) is 4.79 Å². The maximum absolute atomic E-state index is 12.1. The second-order valence-electron chi connectivity index (χ2n) is 6.30. The molecule has 2 heterocycles. The second kappa shape index (κ2) is 7.09. The normalized spacial score (nSPS) is 12.7. The Kier molecular flexibility index (Phi) is 5.33. The van der Waals surface area contributed by atoms with Gasteiger partial charge in [-0.1, -0.05) is 6.92 Å². The molecular weight excluding hydrogens is 330 g/mol. The van der Waals surface area contributed by atoms with Gasteiger partial charge in [0.2, 0.25) is 5.28 Å². The van der Waals surface area contributed by atoms with Gasteiger partial charge in [0.15, 0.2) is 0 Å². The summed E-state index contributed by atoms with van der Waals surface area (Å²) in [5.74, 6) is -0.581. The van der Waals surface area contributed by atoms with E-state index in [1.807, 2.05) is 6.92 Å². The molecule has 0 radical (unpaired) electrons. The van der Waals surface area contributed by atoms with E-state index in [0.29, 0.717) is 17.9 Å². The first-order valence-corrected chi connectivity index (χ1v) is 7.93. The highest BCUT2D eigenvalue weighted by molar-refractivity contribution is 6.37. The van der Waals surface area contributed by atoms with Crippen molar-refractivity contribution in [2.45, 2.75) is 45.6 Å². The Bertz CT molecular complexity index is 734. The van der Waals surface area contributed by atoms with Crippen LogP contribution < -0.4 is 0 Å². The number of imidazole rings is 1. The number of rotatable bonds is 5. The summed E-state index contributed by atoms with van der Waals surface area (Å²) in [6.07, 6.45) is 5.31. The molecule has 0 aromatic carbocycles. The Hall–Kier alpha value is -2.28. The first-order chi connectivity index (χ1) is 11.2. The molecule has 0 amide bonds. The topological polar surface area (TPSA) is 105 Å². The fraction of sp³-hybridized carbons (Fsp3) is 0.438. The Morgan fingerprint density at radius 1 is 1.29 bits per heavy atom. The van der Waals surface area contributed by atoms with Crippen LogP contribution in [0.1, 0.15) is 45.9 Å². The van der Waals surface area contributed by atoms with Gasteiger partial charge in [-0.05, 0) is 38.8 Å². The zero-order valence-electron chi connectivity index (χ0n) is 14.1. The number of hydrogen-bond donors (Lipinski definition) is 2. The van der Waals surface area contributed by atoms with Crippen molar-refractivity contribution in [3.8, 4) is 11.3 Å². The van der Waals surface area contributed by atoms with Gasteiger partial charge in [0.25, 0.3) is 0 Å². The first-order valence-electron chi connectivity index (χ1n) is 7.56. The smallest absolute Gasteiger partial charge is 0.353 e. The lowest BCUT2D eigenvalue weighted by molar-refractivity contribution is -0.146. The van der Waals surface area contributed by atoms with E-state index >= 15 is 0 Å². The maximum atomic E-state index is 12.1. The number of aromatic nitrogens is 4. The molecule has 2 aromatic heterocycles. The van der Waals surface area contributed by atoms with Crippen LogP contribution in [-0.4, -0.2) is 37.2 Å². The summed E-state index contributed by atoms with van der Waals surface area (Å²) in [5.41, 5.74) is 0.644. The second-order valence-corrected chi connectivity index (χ2v) is 6.64. The zero-order chi connectivity index (χ0) is 17.9. The van der Waals surface area contributed by atoms with Gasteiger partial charge < -0.3 is 9.72 Å². The molecule has 8 heteroatoms. The molecule has 0 spiro atoms. The summed E-state index contributed by atoms with van der Waals surface area (Å²) in [5, 5.41) is 8.30. The molecule has 0 saturated carbocycles. The quantitative estimate of drug-likeness (QED) is 0.489. The van der Waals surface area contributed by atoms with Gasteiger partial charge in [-0.2, -0.15) is 0 Å². The van der Waals surface area contributed by atoms with Crippen LogP contribution in [0.5, 0.6) is 0 Å². The molecular formula is C16H20ClN5O2. The minimum atomic E-state index is -0.642.